The van der Waals surface area contributed by atoms with Gasteiger partial charge in [0.05, 0.1) is 6.61 Å². The van der Waals surface area contributed by atoms with Gasteiger partial charge in [-0.1, -0.05) is 6.92 Å². The monoisotopic (exact) mass is 460 g/mol. The molecular formula is C28H28O4S. The Morgan fingerprint density at radius 2 is 1.61 bits per heavy atom. The Hall–Kier alpha value is -3.31. The zero-order valence-electron chi connectivity index (χ0n) is 19.3. The van der Waals surface area contributed by atoms with Gasteiger partial charge >= 0.3 is 0 Å². The predicted octanol–water partition coefficient (Wildman–Crippen LogP) is 7.47. The summed E-state index contributed by atoms with van der Waals surface area (Å²) in [5, 5.41) is 10.5. The van der Waals surface area contributed by atoms with Crippen molar-refractivity contribution in [1.82, 2.24) is 0 Å². The van der Waals surface area contributed by atoms with Gasteiger partial charge in [-0.05, 0) is 99.5 Å². The molecule has 0 aliphatic carbocycles. The molecule has 5 heteroatoms. The summed E-state index contributed by atoms with van der Waals surface area (Å²) >= 11 is 1.58. The third-order valence-electron chi connectivity index (χ3n) is 5.03. The van der Waals surface area contributed by atoms with Crippen LogP contribution in [0.2, 0.25) is 0 Å². The fourth-order valence-electron chi connectivity index (χ4n) is 3.60. The van der Waals surface area contributed by atoms with Gasteiger partial charge < -0.3 is 14.6 Å². The summed E-state index contributed by atoms with van der Waals surface area (Å²) in [4.78, 5) is 14.5. The molecule has 1 heterocycles. The molecule has 1 N–H and O–H groups in total. The second-order valence-electron chi connectivity index (χ2n) is 8.93. The van der Waals surface area contributed by atoms with Crippen molar-refractivity contribution in [1.29, 1.82) is 0 Å². The molecule has 0 fully saturated rings. The van der Waals surface area contributed by atoms with Crippen LogP contribution in [-0.4, -0.2) is 23.1 Å². The predicted molar refractivity (Wildman–Crippen MR) is 135 cm³/mol. The number of thiophene rings is 1. The Kier molecular flexibility index (Phi) is 6.43. The van der Waals surface area contributed by atoms with Crippen LogP contribution in [0.5, 0.6) is 17.2 Å². The summed E-state index contributed by atoms with van der Waals surface area (Å²) in [5.41, 5.74) is 1.84. The molecule has 0 aliphatic heterocycles. The number of ketones is 1. The number of phenols is 1. The molecule has 3 aromatic carbocycles. The van der Waals surface area contributed by atoms with E-state index in [1.165, 1.54) is 12.1 Å². The molecule has 4 rings (SSSR count). The number of hydrogen-bond donors (Lipinski definition) is 1. The average Bonchev–Trinajstić information content (AvgIpc) is 3.15. The molecule has 170 valence electrons. The van der Waals surface area contributed by atoms with Crippen LogP contribution in [0.15, 0.2) is 66.7 Å². The molecule has 0 atom stereocenters. The van der Waals surface area contributed by atoms with Crippen molar-refractivity contribution >= 4 is 27.2 Å². The maximum absolute atomic E-state index is 13.6. The lowest BCUT2D eigenvalue weighted by Crippen LogP contribution is -2.22. The van der Waals surface area contributed by atoms with Crippen molar-refractivity contribution in [3.63, 3.8) is 0 Å². The number of phenolic OH excluding ortho intramolecular Hbond substituents is 1. The first-order valence-electron chi connectivity index (χ1n) is 11.1. The Morgan fingerprint density at radius 1 is 0.939 bits per heavy atom. The topological polar surface area (TPSA) is 55.8 Å². The first-order valence-corrected chi connectivity index (χ1v) is 11.9. The number of aromatic hydroxyl groups is 1. The van der Waals surface area contributed by atoms with E-state index in [1.807, 2.05) is 63.2 Å². The maximum Gasteiger partial charge on any atom is 0.195 e. The molecule has 4 aromatic rings. The molecule has 0 bridgehead atoms. The van der Waals surface area contributed by atoms with Gasteiger partial charge in [-0.15, -0.1) is 11.3 Å². The third-order valence-corrected chi connectivity index (χ3v) is 6.23. The van der Waals surface area contributed by atoms with Gasteiger partial charge in [0.15, 0.2) is 5.78 Å². The van der Waals surface area contributed by atoms with E-state index < -0.39 is 0 Å². The fourth-order valence-corrected chi connectivity index (χ4v) is 4.84. The van der Waals surface area contributed by atoms with Gasteiger partial charge in [0.1, 0.15) is 22.8 Å². The lowest BCUT2D eigenvalue weighted by Gasteiger charge is -2.21. The van der Waals surface area contributed by atoms with Gasteiger partial charge in [-0.25, -0.2) is 0 Å². The molecule has 0 unspecified atom stereocenters. The molecular weight excluding hydrogens is 432 g/mol. The van der Waals surface area contributed by atoms with Gasteiger partial charge in [-0.3, -0.25) is 4.79 Å². The highest BCUT2D eigenvalue weighted by Crippen LogP contribution is 2.42. The number of rotatable bonds is 7. The van der Waals surface area contributed by atoms with Crippen molar-refractivity contribution in [2.45, 2.75) is 39.7 Å². The van der Waals surface area contributed by atoms with Crippen LogP contribution in [-0.2, 0) is 0 Å². The highest BCUT2D eigenvalue weighted by Gasteiger charge is 2.23. The Bertz CT molecular complexity index is 1260. The third kappa shape index (κ3) is 5.20. The smallest absolute Gasteiger partial charge is 0.195 e. The van der Waals surface area contributed by atoms with Crippen molar-refractivity contribution in [2.24, 2.45) is 0 Å². The van der Waals surface area contributed by atoms with Crippen LogP contribution in [0.3, 0.4) is 0 Å². The average molecular weight is 461 g/mol. The van der Waals surface area contributed by atoms with Gasteiger partial charge in [0.25, 0.3) is 0 Å². The van der Waals surface area contributed by atoms with Crippen LogP contribution in [0.4, 0.5) is 0 Å². The summed E-state index contributed by atoms with van der Waals surface area (Å²) < 4.78 is 12.8. The van der Waals surface area contributed by atoms with E-state index >= 15 is 0 Å². The number of ether oxygens (including phenoxy) is 2. The van der Waals surface area contributed by atoms with Crippen LogP contribution < -0.4 is 9.47 Å². The van der Waals surface area contributed by atoms with Gasteiger partial charge in [0.2, 0.25) is 0 Å². The fraction of sp³-hybridized carbons (Fsp3) is 0.250. The second kappa shape index (κ2) is 9.28. The highest BCUT2D eigenvalue weighted by molar-refractivity contribution is 7.22. The van der Waals surface area contributed by atoms with Crippen molar-refractivity contribution < 1.29 is 19.4 Å². The SMILES string of the molecule is CCCOc1ccc(-c2sc3cc(OC(C)(C)C)ccc3c2C(=O)c2ccc(O)cc2)cc1. The van der Waals surface area contributed by atoms with Crippen LogP contribution >= 0.6 is 11.3 Å². The summed E-state index contributed by atoms with van der Waals surface area (Å²) in [6.07, 6.45) is 0.947. The lowest BCUT2D eigenvalue weighted by atomic mass is 9.97. The largest absolute Gasteiger partial charge is 0.508 e. The zero-order chi connectivity index (χ0) is 23.6. The summed E-state index contributed by atoms with van der Waals surface area (Å²) in [6, 6.07) is 20.1. The molecule has 0 spiro atoms. The highest BCUT2D eigenvalue weighted by atomic mass is 32.1. The van der Waals surface area contributed by atoms with E-state index in [0.717, 1.165) is 38.4 Å². The Morgan fingerprint density at radius 3 is 2.24 bits per heavy atom. The van der Waals surface area contributed by atoms with E-state index in [0.29, 0.717) is 17.7 Å². The van der Waals surface area contributed by atoms with Crippen LogP contribution in [0.25, 0.3) is 20.5 Å². The van der Waals surface area contributed by atoms with Crippen molar-refractivity contribution in [3.05, 3.63) is 77.9 Å². The van der Waals surface area contributed by atoms with E-state index in [9.17, 15) is 9.90 Å². The molecule has 4 nitrogen and oxygen atoms in total. The Labute approximate surface area is 198 Å². The van der Waals surface area contributed by atoms with Crippen molar-refractivity contribution in [3.8, 4) is 27.7 Å². The minimum absolute atomic E-state index is 0.0768. The Balaban J connectivity index is 1.83. The standard InChI is InChI=1S/C28H28O4S/c1-5-16-31-21-12-8-19(9-13-21)27-25(26(30)18-6-10-20(29)11-7-18)23-15-14-22(17-24(23)33-27)32-28(2,3)4/h6-15,17,29H,5,16H2,1-4H3. The summed E-state index contributed by atoms with van der Waals surface area (Å²) in [6.45, 7) is 8.78. The number of carbonyl (C=O) groups is 1. The molecule has 0 aliphatic rings. The van der Waals surface area contributed by atoms with E-state index in [4.69, 9.17) is 9.47 Å². The first-order chi connectivity index (χ1) is 15.7. The minimum Gasteiger partial charge on any atom is -0.508 e. The van der Waals surface area contributed by atoms with Crippen molar-refractivity contribution in [2.75, 3.05) is 6.61 Å². The first kappa shape index (κ1) is 22.9. The molecule has 0 saturated carbocycles. The second-order valence-corrected chi connectivity index (χ2v) is 9.98. The molecule has 33 heavy (non-hydrogen) atoms. The lowest BCUT2D eigenvalue weighted by molar-refractivity contribution is 0.104. The number of carbonyl (C=O) groups excluding carboxylic acids is 1. The minimum atomic E-state index is -0.313. The van der Waals surface area contributed by atoms with Crippen LogP contribution in [0, 0.1) is 0 Å². The molecule has 0 amide bonds. The van der Waals surface area contributed by atoms with Gasteiger partial charge in [-0.2, -0.15) is 0 Å². The quantitative estimate of drug-likeness (QED) is 0.291. The summed E-state index contributed by atoms with van der Waals surface area (Å²) in [7, 11) is 0. The van der Waals surface area contributed by atoms with E-state index in [-0.39, 0.29) is 17.1 Å². The van der Waals surface area contributed by atoms with Gasteiger partial charge in [0, 0.05) is 26.1 Å². The maximum atomic E-state index is 13.6. The summed E-state index contributed by atoms with van der Waals surface area (Å²) in [5.74, 6) is 1.64. The molecule has 0 saturated heterocycles. The molecule has 0 radical (unpaired) electrons. The van der Waals surface area contributed by atoms with E-state index in [1.54, 1.807) is 23.5 Å². The number of fused-ring (bicyclic) bond motifs is 1. The zero-order valence-corrected chi connectivity index (χ0v) is 20.2. The molecule has 1 aromatic heterocycles. The normalized spacial score (nSPS) is 11.5. The number of hydrogen-bond acceptors (Lipinski definition) is 5. The number of benzene rings is 3. The van der Waals surface area contributed by atoms with Crippen LogP contribution in [0.1, 0.15) is 50.0 Å². The van der Waals surface area contributed by atoms with E-state index in [2.05, 4.69) is 6.92 Å².